The third-order valence-corrected chi connectivity index (χ3v) is 6.70. The van der Waals surface area contributed by atoms with Gasteiger partial charge in [-0.1, -0.05) is 19.8 Å². The minimum atomic E-state index is 0.0282. The van der Waals surface area contributed by atoms with Crippen molar-refractivity contribution in [3.63, 3.8) is 0 Å². The molecule has 3 unspecified atom stereocenters. The largest absolute Gasteiger partial charge is 0.375 e. The molecule has 1 aliphatic carbocycles. The predicted octanol–water partition coefficient (Wildman–Crippen LogP) is 3.32. The van der Waals surface area contributed by atoms with Crippen molar-refractivity contribution in [2.75, 3.05) is 19.7 Å². The van der Waals surface area contributed by atoms with E-state index in [-0.39, 0.29) is 11.1 Å². The second kappa shape index (κ2) is 6.17. The van der Waals surface area contributed by atoms with E-state index in [2.05, 4.69) is 18.7 Å². The number of rotatable bonds is 4. The van der Waals surface area contributed by atoms with Crippen molar-refractivity contribution in [2.45, 2.75) is 88.8 Å². The van der Waals surface area contributed by atoms with E-state index in [1.165, 1.54) is 45.1 Å². The monoisotopic (exact) mass is 294 g/mol. The van der Waals surface area contributed by atoms with Crippen molar-refractivity contribution in [3.05, 3.63) is 0 Å². The highest BCUT2D eigenvalue weighted by atomic mass is 16.5. The van der Waals surface area contributed by atoms with E-state index in [0.29, 0.717) is 0 Å². The molecule has 2 aliphatic heterocycles. The van der Waals surface area contributed by atoms with E-state index >= 15 is 0 Å². The van der Waals surface area contributed by atoms with E-state index in [1.54, 1.807) is 0 Å². The Morgan fingerprint density at radius 3 is 2.62 bits per heavy atom. The van der Waals surface area contributed by atoms with E-state index in [1.807, 2.05) is 0 Å². The van der Waals surface area contributed by atoms with Crippen LogP contribution in [0.2, 0.25) is 0 Å². The number of hydrogen-bond acceptors (Lipinski definition) is 3. The fraction of sp³-hybridized carbons (Fsp3) is 1.00. The van der Waals surface area contributed by atoms with Gasteiger partial charge in [-0.05, 0) is 64.3 Å². The molecule has 21 heavy (non-hydrogen) atoms. The summed E-state index contributed by atoms with van der Waals surface area (Å²) in [5, 5.41) is 0. The van der Waals surface area contributed by atoms with E-state index in [4.69, 9.17) is 10.5 Å². The summed E-state index contributed by atoms with van der Waals surface area (Å²) < 4.78 is 6.11. The second-order valence-corrected chi connectivity index (χ2v) is 7.95. The molecule has 3 fully saturated rings. The SMILES string of the molecule is CCC1(C)CC(CN)(N2CCCC2C2CCCC2)CCO1. The Hall–Kier alpha value is -0.120. The molecule has 3 heteroatoms. The Balaban J connectivity index is 1.80. The Morgan fingerprint density at radius 1 is 1.19 bits per heavy atom. The number of hydrogen-bond donors (Lipinski definition) is 1. The topological polar surface area (TPSA) is 38.5 Å². The van der Waals surface area contributed by atoms with Crippen molar-refractivity contribution in [1.29, 1.82) is 0 Å². The van der Waals surface area contributed by atoms with Crippen LogP contribution >= 0.6 is 0 Å². The molecular formula is C18H34N2O. The molecule has 2 heterocycles. The number of nitrogens with two attached hydrogens (primary N) is 1. The normalized spacial score (nSPS) is 42.7. The Bertz CT molecular complexity index is 355. The molecule has 122 valence electrons. The number of likely N-dealkylation sites (tertiary alicyclic amines) is 1. The van der Waals surface area contributed by atoms with Gasteiger partial charge in [0.1, 0.15) is 0 Å². The lowest BCUT2D eigenvalue weighted by atomic mass is 9.76. The minimum Gasteiger partial charge on any atom is -0.375 e. The molecule has 0 aromatic rings. The van der Waals surface area contributed by atoms with Gasteiger partial charge in [-0.3, -0.25) is 4.90 Å². The van der Waals surface area contributed by atoms with E-state index < -0.39 is 0 Å². The van der Waals surface area contributed by atoms with Crippen LogP contribution in [0, 0.1) is 5.92 Å². The summed E-state index contributed by atoms with van der Waals surface area (Å²) in [5.41, 5.74) is 6.59. The molecule has 0 aromatic carbocycles. The maximum Gasteiger partial charge on any atom is 0.0670 e. The van der Waals surface area contributed by atoms with Crippen molar-refractivity contribution in [3.8, 4) is 0 Å². The second-order valence-electron chi connectivity index (χ2n) is 7.95. The molecule has 0 spiro atoms. The van der Waals surface area contributed by atoms with Crippen LogP contribution in [0.1, 0.15) is 71.6 Å². The third-order valence-electron chi connectivity index (χ3n) is 6.70. The first-order valence-electron chi connectivity index (χ1n) is 9.23. The molecule has 2 saturated heterocycles. The Labute approximate surface area is 130 Å². The molecule has 2 N–H and O–H groups in total. The van der Waals surface area contributed by atoms with Crippen LogP contribution in [0.4, 0.5) is 0 Å². The molecule has 0 aromatic heterocycles. The standard InChI is InChI=1S/C18H34N2O/c1-3-17(2)13-18(14-19,10-12-21-17)20-11-6-9-16(20)15-7-4-5-8-15/h15-16H,3-14,19H2,1-2H3. The Kier molecular flexibility index (Phi) is 4.63. The highest BCUT2D eigenvalue weighted by molar-refractivity contribution is 5.05. The molecule has 3 aliphatic rings. The van der Waals surface area contributed by atoms with Gasteiger partial charge in [0.15, 0.2) is 0 Å². The van der Waals surface area contributed by atoms with Crippen LogP contribution in [0.3, 0.4) is 0 Å². The Morgan fingerprint density at radius 2 is 1.95 bits per heavy atom. The van der Waals surface area contributed by atoms with Gasteiger partial charge < -0.3 is 10.5 Å². The van der Waals surface area contributed by atoms with Crippen LogP contribution in [0.25, 0.3) is 0 Å². The van der Waals surface area contributed by atoms with Gasteiger partial charge in [-0.15, -0.1) is 0 Å². The van der Waals surface area contributed by atoms with Crippen molar-refractivity contribution in [1.82, 2.24) is 4.90 Å². The lowest BCUT2D eigenvalue weighted by molar-refractivity contribution is -0.134. The molecule has 0 radical (unpaired) electrons. The maximum atomic E-state index is 6.36. The van der Waals surface area contributed by atoms with E-state index in [9.17, 15) is 0 Å². The summed E-state index contributed by atoms with van der Waals surface area (Å²) in [6, 6.07) is 0.801. The fourth-order valence-corrected chi connectivity index (χ4v) is 5.30. The average Bonchev–Trinajstić information content (AvgIpc) is 3.17. The molecular weight excluding hydrogens is 260 g/mol. The lowest BCUT2D eigenvalue weighted by Gasteiger charge is -2.53. The zero-order valence-corrected chi connectivity index (χ0v) is 14.1. The van der Waals surface area contributed by atoms with Gasteiger partial charge in [0.25, 0.3) is 0 Å². The van der Waals surface area contributed by atoms with Gasteiger partial charge in [-0.2, -0.15) is 0 Å². The molecule has 0 bridgehead atoms. The van der Waals surface area contributed by atoms with Crippen molar-refractivity contribution in [2.24, 2.45) is 11.7 Å². The summed E-state index contributed by atoms with van der Waals surface area (Å²) >= 11 is 0. The van der Waals surface area contributed by atoms with Gasteiger partial charge in [0, 0.05) is 24.7 Å². The first-order chi connectivity index (χ1) is 10.1. The molecule has 3 nitrogen and oxygen atoms in total. The molecule has 3 rings (SSSR count). The van der Waals surface area contributed by atoms with Crippen LogP contribution in [-0.2, 0) is 4.74 Å². The average molecular weight is 294 g/mol. The van der Waals surface area contributed by atoms with Crippen molar-refractivity contribution >= 4 is 0 Å². The number of nitrogens with zero attached hydrogens (tertiary/aromatic N) is 1. The van der Waals surface area contributed by atoms with Gasteiger partial charge in [0.05, 0.1) is 5.60 Å². The molecule has 0 amide bonds. The number of ether oxygens (including phenoxy) is 1. The fourth-order valence-electron chi connectivity index (χ4n) is 5.30. The highest BCUT2D eigenvalue weighted by Gasteiger charge is 2.49. The summed E-state index contributed by atoms with van der Waals surface area (Å²) in [6.07, 6.45) is 11.9. The third kappa shape index (κ3) is 2.89. The quantitative estimate of drug-likeness (QED) is 0.864. The predicted molar refractivity (Wildman–Crippen MR) is 87.4 cm³/mol. The zero-order valence-electron chi connectivity index (χ0n) is 14.1. The highest BCUT2D eigenvalue weighted by Crippen LogP contribution is 2.44. The first-order valence-corrected chi connectivity index (χ1v) is 9.23. The summed E-state index contributed by atoms with van der Waals surface area (Å²) in [4.78, 5) is 2.85. The summed E-state index contributed by atoms with van der Waals surface area (Å²) in [6.45, 7) is 7.49. The van der Waals surface area contributed by atoms with Gasteiger partial charge in [-0.25, -0.2) is 0 Å². The van der Waals surface area contributed by atoms with Gasteiger partial charge in [0.2, 0.25) is 0 Å². The van der Waals surface area contributed by atoms with Crippen LogP contribution in [-0.4, -0.2) is 41.8 Å². The van der Waals surface area contributed by atoms with Crippen molar-refractivity contribution < 1.29 is 4.74 Å². The van der Waals surface area contributed by atoms with Crippen LogP contribution in [0.15, 0.2) is 0 Å². The zero-order chi connectivity index (χ0) is 14.9. The maximum absolute atomic E-state index is 6.36. The van der Waals surface area contributed by atoms with E-state index in [0.717, 1.165) is 44.4 Å². The summed E-state index contributed by atoms with van der Waals surface area (Å²) in [5.74, 6) is 0.937. The molecule has 1 saturated carbocycles. The first kappa shape index (κ1) is 15.8. The molecule has 3 atom stereocenters. The minimum absolute atomic E-state index is 0.0282. The summed E-state index contributed by atoms with van der Waals surface area (Å²) in [7, 11) is 0. The van der Waals surface area contributed by atoms with Crippen LogP contribution < -0.4 is 5.73 Å². The van der Waals surface area contributed by atoms with Gasteiger partial charge >= 0.3 is 0 Å². The smallest absolute Gasteiger partial charge is 0.0670 e. The lowest BCUT2D eigenvalue weighted by Crippen LogP contribution is -2.63. The van der Waals surface area contributed by atoms with Crippen LogP contribution in [0.5, 0.6) is 0 Å².